The molecule has 0 unspecified atom stereocenters. The van der Waals surface area contributed by atoms with E-state index in [1.807, 2.05) is 0 Å². The van der Waals surface area contributed by atoms with E-state index in [0.717, 1.165) is 38.8 Å². The molecular formula is C14H21N3O2S. The van der Waals surface area contributed by atoms with Crippen LogP contribution in [-0.4, -0.2) is 32.2 Å². The smallest absolute Gasteiger partial charge is 0.283 e. The Bertz CT molecular complexity index is 577. The molecule has 0 spiro atoms. The zero-order valence-electron chi connectivity index (χ0n) is 11.7. The van der Waals surface area contributed by atoms with Crippen molar-refractivity contribution < 1.29 is 8.42 Å². The molecule has 1 aliphatic heterocycles. The monoisotopic (exact) mass is 295 g/mol. The number of likely N-dealkylation sites (tertiary alicyclic amines) is 1. The summed E-state index contributed by atoms with van der Waals surface area (Å²) < 4.78 is 28.7. The fourth-order valence-electron chi connectivity index (χ4n) is 2.32. The third-order valence-electron chi connectivity index (χ3n) is 3.34. The van der Waals surface area contributed by atoms with Crippen LogP contribution in [0.5, 0.6) is 0 Å². The molecule has 1 fully saturated rings. The van der Waals surface area contributed by atoms with Crippen LogP contribution in [0.25, 0.3) is 0 Å². The van der Waals surface area contributed by atoms with Gasteiger partial charge in [0, 0.05) is 25.2 Å². The van der Waals surface area contributed by atoms with Crippen LogP contribution < -0.4 is 5.73 Å². The third kappa shape index (κ3) is 3.50. The molecule has 1 heterocycles. The molecule has 0 amide bonds. The minimum Gasteiger partial charge on any atom is -0.399 e. The second-order valence-corrected chi connectivity index (χ2v) is 6.60. The Kier molecular flexibility index (Phi) is 4.65. The number of sulfonamides is 1. The molecule has 0 aromatic heterocycles. The Morgan fingerprint density at radius 1 is 1.25 bits per heavy atom. The van der Waals surface area contributed by atoms with Crippen molar-refractivity contribution in [3.05, 3.63) is 24.3 Å². The van der Waals surface area contributed by atoms with Gasteiger partial charge in [-0.1, -0.05) is 6.92 Å². The fourth-order valence-corrected chi connectivity index (χ4v) is 3.39. The molecule has 0 atom stereocenters. The normalized spacial score (nSPS) is 18.4. The molecule has 2 rings (SSSR count). The Hall–Kier alpha value is -1.56. The highest BCUT2D eigenvalue weighted by molar-refractivity contribution is 7.90. The van der Waals surface area contributed by atoms with Crippen LogP contribution in [0.2, 0.25) is 0 Å². The number of benzene rings is 1. The van der Waals surface area contributed by atoms with Crippen LogP contribution in [-0.2, 0) is 10.0 Å². The molecule has 1 saturated heterocycles. The molecule has 0 bridgehead atoms. The summed E-state index contributed by atoms with van der Waals surface area (Å²) in [5.74, 6) is 0.690. The first-order valence-electron chi connectivity index (χ1n) is 6.97. The molecule has 1 aromatic carbocycles. The third-order valence-corrected chi connectivity index (χ3v) is 4.66. The topological polar surface area (TPSA) is 75.8 Å². The first-order valence-corrected chi connectivity index (χ1v) is 8.41. The number of hydrogen-bond donors (Lipinski definition) is 1. The van der Waals surface area contributed by atoms with E-state index in [0.29, 0.717) is 11.5 Å². The Morgan fingerprint density at radius 2 is 1.95 bits per heavy atom. The van der Waals surface area contributed by atoms with Crippen LogP contribution in [0, 0.1) is 0 Å². The predicted octanol–water partition coefficient (Wildman–Crippen LogP) is 2.25. The largest absolute Gasteiger partial charge is 0.399 e. The number of hydrogen-bond acceptors (Lipinski definition) is 3. The van der Waals surface area contributed by atoms with E-state index in [9.17, 15) is 8.42 Å². The number of nitrogen functional groups attached to an aromatic ring is 1. The maximum atomic E-state index is 12.3. The van der Waals surface area contributed by atoms with Crippen LogP contribution >= 0.6 is 0 Å². The van der Waals surface area contributed by atoms with Gasteiger partial charge in [0.2, 0.25) is 0 Å². The van der Waals surface area contributed by atoms with Gasteiger partial charge in [0.25, 0.3) is 10.0 Å². The average molecular weight is 295 g/mol. The number of anilines is 1. The van der Waals surface area contributed by atoms with Crippen molar-refractivity contribution in [2.24, 2.45) is 4.40 Å². The van der Waals surface area contributed by atoms with Crippen molar-refractivity contribution in [3.63, 3.8) is 0 Å². The molecule has 6 heteroatoms. The van der Waals surface area contributed by atoms with Crippen molar-refractivity contribution in [1.29, 1.82) is 0 Å². The highest BCUT2D eigenvalue weighted by atomic mass is 32.2. The molecule has 20 heavy (non-hydrogen) atoms. The van der Waals surface area contributed by atoms with Gasteiger partial charge in [-0.15, -0.1) is 4.40 Å². The van der Waals surface area contributed by atoms with Crippen molar-refractivity contribution in [2.75, 3.05) is 18.8 Å². The quantitative estimate of drug-likeness (QED) is 0.864. The predicted molar refractivity (Wildman–Crippen MR) is 81.2 cm³/mol. The SMILES string of the molecule is CCCN1CCCC/C1=N\S(=O)(=O)c1ccc(N)cc1. The summed E-state index contributed by atoms with van der Waals surface area (Å²) in [6.45, 7) is 3.83. The van der Waals surface area contributed by atoms with Gasteiger partial charge >= 0.3 is 0 Å². The van der Waals surface area contributed by atoms with Gasteiger partial charge < -0.3 is 10.6 Å². The zero-order chi connectivity index (χ0) is 14.6. The number of amidine groups is 1. The second-order valence-electron chi connectivity index (χ2n) is 5.00. The summed E-state index contributed by atoms with van der Waals surface area (Å²) in [7, 11) is -3.64. The first kappa shape index (κ1) is 14.8. The minimum atomic E-state index is -3.64. The molecule has 0 saturated carbocycles. The summed E-state index contributed by atoms with van der Waals surface area (Å²) >= 11 is 0. The fraction of sp³-hybridized carbons (Fsp3) is 0.500. The molecule has 1 aromatic rings. The minimum absolute atomic E-state index is 0.196. The maximum Gasteiger partial charge on any atom is 0.283 e. The van der Waals surface area contributed by atoms with Crippen molar-refractivity contribution in [3.8, 4) is 0 Å². The van der Waals surface area contributed by atoms with Gasteiger partial charge in [0.15, 0.2) is 0 Å². The summed E-state index contributed by atoms with van der Waals surface area (Å²) in [6.07, 6.45) is 3.81. The van der Waals surface area contributed by atoms with Gasteiger partial charge in [-0.25, -0.2) is 0 Å². The Labute approximate surface area is 120 Å². The van der Waals surface area contributed by atoms with Gasteiger partial charge in [0.05, 0.1) is 4.90 Å². The zero-order valence-corrected chi connectivity index (χ0v) is 12.6. The van der Waals surface area contributed by atoms with Crippen LogP contribution in [0.1, 0.15) is 32.6 Å². The number of nitrogens with zero attached hydrogens (tertiary/aromatic N) is 2. The molecular weight excluding hydrogens is 274 g/mol. The summed E-state index contributed by atoms with van der Waals surface area (Å²) in [4.78, 5) is 2.28. The maximum absolute atomic E-state index is 12.3. The Balaban J connectivity index is 2.28. The number of piperidine rings is 1. The molecule has 2 N–H and O–H groups in total. The van der Waals surface area contributed by atoms with Crippen molar-refractivity contribution >= 4 is 21.5 Å². The van der Waals surface area contributed by atoms with Crippen LogP contribution in [0.15, 0.2) is 33.6 Å². The highest BCUT2D eigenvalue weighted by Crippen LogP contribution is 2.18. The van der Waals surface area contributed by atoms with E-state index in [1.165, 1.54) is 12.1 Å². The van der Waals surface area contributed by atoms with Gasteiger partial charge in [-0.05, 0) is 43.5 Å². The lowest BCUT2D eigenvalue weighted by Crippen LogP contribution is -2.36. The summed E-state index contributed by atoms with van der Waals surface area (Å²) in [6, 6.07) is 6.17. The number of nitrogens with two attached hydrogens (primary N) is 1. The van der Waals surface area contributed by atoms with E-state index in [4.69, 9.17) is 5.73 Å². The van der Waals surface area contributed by atoms with E-state index in [1.54, 1.807) is 12.1 Å². The molecule has 5 nitrogen and oxygen atoms in total. The Morgan fingerprint density at radius 3 is 2.60 bits per heavy atom. The first-order chi connectivity index (χ1) is 9.53. The lowest BCUT2D eigenvalue weighted by Gasteiger charge is -2.29. The van der Waals surface area contributed by atoms with Gasteiger partial charge in [-0.2, -0.15) is 8.42 Å². The number of rotatable bonds is 4. The van der Waals surface area contributed by atoms with E-state index < -0.39 is 10.0 Å². The van der Waals surface area contributed by atoms with Crippen molar-refractivity contribution in [1.82, 2.24) is 4.90 Å². The van der Waals surface area contributed by atoms with E-state index in [2.05, 4.69) is 16.2 Å². The lowest BCUT2D eigenvalue weighted by molar-refractivity contribution is 0.370. The standard InChI is InChI=1S/C14H21N3O2S/c1-2-10-17-11-4-3-5-14(17)16-20(18,19)13-8-6-12(15)7-9-13/h6-9H,2-5,10-11,15H2,1H3/b16-14+. The summed E-state index contributed by atoms with van der Waals surface area (Å²) in [5, 5.41) is 0. The highest BCUT2D eigenvalue weighted by Gasteiger charge is 2.20. The lowest BCUT2D eigenvalue weighted by atomic mass is 10.1. The average Bonchev–Trinajstić information content (AvgIpc) is 2.41. The van der Waals surface area contributed by atoms with Crippen LogP contribution in [0.3, 0.4) is 0 Å². The molecule has 0 aliphatic carbocycles. The van der Waals surface area contributed by atoms with Gasteiger partial charge in [0.1, 0.15) is 5.84 Å². The van der Waals surface area contributed by atoms with Gasteiger partial charge in [-0.3, -0.25) is 0 Å². The van der Waals surface area contributed by atoms with Crippen molar-refractivity contribution in [2.45, 2.75) is 37.5 Å². The van der Waals surface area contributed by atoms with E-state index >= 15 is 0 Å². The second kappa shape index (κ2) is 6.26. The molecule has 110 valence electrons. The molecule has 1 aliphatic rings. The summed E-state index contributed by atoms with van der Waals surface area (Å²) in [5.41, 5.74) is 6.12. The van der Waals surface area contributed by atoms with E-state index in [-0.39, 0.29) is 4.90 Å². The van der Waals surface area contributed by atoms with Crippen LogP contribution in [0.4, 0.5) is 5.69 Å². The molecule has 0 radical (unpaired) electrons.